The Morgan fingerprint density at radius 3 is 2.23 bits per heavy atom. The summed E-state index contributed by atoms with van der Waals surface area (Å²) in [6.07, 6.45) is 4.19. The Kier molecular flexibility index (Phi) is 8.16. The zero-order valence-electron chi connectivity index (χ0n) is 15.4. The number of hydrogen-bond acceptors (Lipinski definition) is 3. The third-order valence-corrected chi connectivity index (χ3v) is 4.18. The van der Waals surface area contributed by atoms with Crippen LogP contribution in [0.2, 0.25) is 5.02 Å². The first-order valence-corrected chi connectivity index (χ1v) is 9.41. The van der Waals surface area contributed by atoms with Gasteiger partial charge >= 0.3 is 0 Å². The SMILES string of the molecule is CCCN(CCC)c1ccc(/C=N/NC(=O)Cc2ccc(Cl)cc2)cc1. The third-order valence-electron chi connectivity index (χ3n) is 3.93. The number of hydrogen-bond donors (Lipinski definition) is 1. The number of benzene rings is 2. The molecular formula is C21H26ClN3O. The number of anilines is 1. The molecule has 0 bridgehead atoms. The van der Waals surface area contributed by atoms with Gasteiger partial charge in [0.25, 0.3) is 0 Å². The maximum absolute atomic E-state index is 11.9. The molecule has 138 valence electrons. The van der Waals surface area contributed by atoms with Gasteiger partial charge in [-0.05, 0) is 48.2 Å². The molecule has 0 saturated carbocycles. The lowest BCUT2D eigenvalue weighted by Crippen LogP contribution is -2.24. The van der Waals surface area contributed by atoms with Gasteiger partial charge in [0.1, 0.15) is 0 Å². The second-order valence-corrected chi connectivity index (χ2v) is 6.61. The van der Waals surface area contributed by atoms with Gasteiger partial charge in [-0.25, -0.2) is 5.43 Å². The summed E-state index contributed by atoms with van der Waals surface area (Å²) in [5.41, 5.74) is 5.63. The van der Waals surface area contributed by atoms with Gasteiger partial charge in [-0.1, -0.05) is 49.7 Å². The van der Waals surface area contributed by atoms with Gasteiger partial charge in [-0.15, -0.1) is 0 Å². The Balaban J connectivity index is 1.87. The van der Waals surface area contributed by atoms with Crippen molar-refractivity contribution in [3.8, 4) is 0 Å². The fourth-order valence-corrected chi connectivity index (χ4v) is 2.81. The van der Waals surface area contributed by atoms with Crippen LogP contribution >= 0.6 is 11.6 Å². The average molecular weight is 372 g/mol. The predicted octanol–water partition coefficient (Wildman–Crippen LogP) is 4.66. The molecule has 26 heavy (non-hydrogen) atoms. The van der Waals surface area contributed by atoms with E-state index in [1.165, 1.54) is 5.69 Å². The van der Waals surface area contributed by atoms with Gasteiger partial charge in [0.05, 0.1) is 12.6 Å². The van der Waals surface area contributed by atoms with E-state index in [1.54, 1.807) is 18.3 Å². The molecule has 1 N–H and O–H groups in total. The van der Waals surface area contributed by atoms with Crippen molar-refractivity contribution in [2.24, 2.45) is 5.10 Å². The number of hydrazone groups is 1. The number of rotatable bonds is 9. The average Bonchev–Trinajstić information content (AvgIpc) is 2.64. The summed E-state index contributed by atoms with van der Waals surface area (Å²) < 4.78 is 0. The fraction of sp³-hybridized carbons (Fsp3) is 0.333. The molecule has 0 radical (unpaired) electrons. The van der Waals surface area contributed by atoms with E-state index in [0.29, 0.717) is 5.02 Å². The van der Waals surface area contributed by atoms with E-state index in [4.69, 9.17) is 11.6 Å². The molecule has 2 rings (SSSR count). The molecule has 4 nitrogen and oxygen atoms in total. The van der Waals surface area contributed by atoms with Crippen LogP contribution in [-0.4, -0.2) is 25.2 Å². The summed E-state index contributed by atoms with van der Waals surface area (Å²) in [5.74, 6) is -0.155. The molecule has 2 aromatic carbocycles. The predicted molar refractivity (Wildman–Crippen MR) is 110 cm³/mol. The molecule has 0 aliphatic rings. The second kappa shape index (κ2) is 10.6. The molecule has 1 amide bonds. The van der Waals surface area contributed by atoms with Crippen molar-refractivity contribution >= 4 is 29.4 Å². The zero-order chi connectivity index (χ0) is 18.8. The molecule has 0 saturated heterocycles. The lowest BCUT2D eigenvalue weighted by atomic mass is 10.1. The van der Waals surface area contributed by atoms with Gasteiger partial charge in [-0.3, -0.25) is 4.79 Å². The summed E-state index contributed by atoms with van der Waals surface area (Å²) in [4.78, 5) is 14.3. The number of halogens is 1. The van der Waals surface area contributed by atoms with E-state index in [-0.39, 0.29) is 12.3 Å². The Morgan fingerprint density at radius 2 is 1.65 bits per heavy atom. The van der Waals surface area contributed by atoms with Crippen molar-refractivity contribution < 1.29 is 4.79 Å². The highest BCUT2D eigenvalue weighted by Crippen LogP contribution is 2.15. The van der Waals surface area contributed by atoms with E-state index in [2.05, 4.69) is 41.4 Å². The molecule has 5 heteroatoms. The lowest BCUT2D eigenvalue weighted by molar-refractivity contribution is -0.120. The van der Waals surface area contributed by atoms with E-state index >= 15 is 0 Å². The monoisotopic (exact) mass is 371 g/mol. The van der Waals surface area contributed by atoms with E-state index < -0.39 is 0 Å². The molecule has 0 spiro atoms. The van der Waals surface area contributed by atoms with Crippen molar-refractivity contribution in [2.45, 2.75) is 33.1 Å². The van der Waals surface area contributed by atoms with Crippen LogP contribution in [0.4, 0.5) is 5.69 Å². The molecule has 0 fully saturated rings. The minimum Gasteiger partial charge on any atom is -0.372 e. The molecule has 0 unspecified atom stereocenters. The molecule has 0 atom stereocenters. The van der Waals surface area contributed by atoms with Crippen LogP contribution in [0.25, 0.3) is 0 Å². The summed E-state index contributed by atoms with van der Waals surface area (Å²) in [6.45, 7) is 6.50. The number of nitrogens with one attached hydrogen (secondary N) is 1. The molecule has 2 aromatic rings. The standard InChI is InChI=1S/C21H26ClN3O/c1-3-13-25(14-4-2)20-11-7-18(8-12-20)16-23-24-21(26)15-17-5-9-19(22)10-6-17/h5-12,16H,3-4,13-15H2,1-2H3,(H,24,26)/b23-16+. The highest BCUT2D eigenvalue weighted by Gasteiger charge is 2.04. The minimum absolute atomic E-state index is 0.155. The van der Waals surface area contributed by atoms with E-state index in [0.717, 1.165) is 37.1 Å². The van der Waals surface area contributed by atoms with Gasteiger partial charge < -0.3 is 4.90 Å². The van der Waals surface area contributed by atoms with Crippen LogP contribution in [0.15, 0.2) is 53.6 Å². The quantitative estimate of drug-likeness (QED) is 0.514. The highest BCUT2D eigenvalue weighted by molar-refractivity contribution is 6.30. The van der Waals surface area contributed by atoms with Gasteiger partial charge in [0, 0.05) is 23.8 Å². The topological polar surface area (TPSA) is 44.7 Å². The first-order chi connectivity index (χ1) is 12.6. The largest absolute Gasteiger partial charge is 0.372 e. The summed E-state index contributed by atoms with van der Waals surface area (Å²) in [5, 5.41) is 4.70. The zero-order valence-corrected chi connectivity index (χ0v) is 16.2. The number of carbonyl (C=O) groups excluding carboxylic acids is 1. The maximum Gasteiger partial charge on any atom is 0.244 e. The highest BCUT2D eigenvalue weighted by atomic mass is 35.5. The Bertz CT molecular complexity index is 705. The van der Waals surface area contributed by atoms with Gasteiger partial charge in [0.2, 0.25) is 5.91 Å². The van der Waals surface area contributed by atoms with Gasteiger partial charge in [0.15, 0.2) is 0 Å². The molecule has 0 aliphatic heterocycles. The van der Waals surface area contributed by atoms with Crippen LogP contribution in [0.3, 0.4) is 0 Å². The molecule has 0 heterocycles. The van der Waals surface area contributed by atoms with Crippen LogP contribution in [-0.2, 0) is 11.2 Å². The van der Waals surface area contributed by atoms with Crippen molar-refractivity contribution in [1.82, 2.24) is 5.43 Å². The number of nitrogens with zero attached hydrogens (tertiary/aromatic N) is 2. The van der Waals surface area contributed by atoms with Gasteiger partial charge in [-0.2, -0.15) is 5.10 Å². The van der Waals surface area contributed by atoms with Crippen molar-refractivity contribution in [1.29, 1.82) is 0 Å². The summed E-state index contributed by atoms with van der Waals surface area (Å²) >= 11 is 5.84. The Morgan fingerprint density at radius 1 is 1.04 bits per heavy atom. The normalized spacial score (nSPS) is 10.9. The number of carbonyl (C=O) groups is 1. The van der Waals surface area contributed by atoms with E-state index in [9.17, 15) is 4.79 Å². The Labute approximate surface area is 160 Å². The summed E-state index contributed by atoms with van der Waals surface area (Å²) in [6, 6.07) is 15.4. The maximum atomic E-state index is 11.9. The van der Waals surface area contributed by atoms with E-state index in [1.807, 2.05) is 24.3 Å². The molecular weight excluding hydrogens is 346 g/mol. The molecule has 0 aliphatic carbocycles. The smallest absolute Gasteiger partial charge is 0.244 e. The molecule has 0 aromatic heterocycles. The minimum atomic E-state index is -0.155. The van der Waals surface area contributed by atoms with Crippen molar-refractivity contribution in [3.63, 3.8) is 0 Å². The second-order valence-electron chi connectivity index (χ2n) is 6.18. The first-order valence-electron chi connectivity index (χ1n) is 9.03. The lowest BCUT2D eigenvalue weighted by Gasteiger charge is -2.23. The fourth-order valence-electron chi connectivity index (χ4n) is 2.69. The summed E-state index contributed by atoms with van der Waals surface area (Å²) in [7, 11) is 0. The van der Waals surface area contributed by atoms with Crippen LogP contribution in [0, 0.1) is 0 Å². The number of amides is 1. The Hall–Kier alpha value is -2.33. The first kappa shape index (κ1) is 20.0. The van der Waals surface area contributed by atoms with Crippen LogP contribution < -0.4 is 10.3 Å². The van der Waals surface area contributed by atoms with Crippen LogP contribution in [0.1, 0.15) is 37.8 Å². The third kappa shape index (κ3) is 6.52. The van der Waals surface area contributed by atoms with Crippen molar-refractivity contribution in [3.05, 3.63) is 64.7 Å². The van der Waals surface area contributed by atoms with Crippen molar-refractivity contribution in [2.75, 3.05) is 18.0 Å². The van der Waals surface area contributed by atoms with Crippen LogP contribution in [0.5, 0.6) is 0 Å².